The van der Waals surface area contributed by atoms with Crippen molar-refractivity contribution in [3.05, 3.63) is 53.7 Å². The van der Waals surface area contributed by atoms with Crippen LogP contribution in [0.25, 0.3) is 0 Å². The van der Waals surface area contributed by atoms with Gasteiger partial charge in [-0.15, -0.1) is 0 Å². The van der Waals surface area contributed by atoms with Gasteiger partial charge in [-0.05, 0) is 24.3 Å². The third kappa shape index (κ3) is 3.45. The second-order valence-electron chi connectivity index (χ2n) is 5.05. The fourth-order valence-corrected chi connectivity index (χ4v) is 2.38. The van der Waals surface area contributed by atoms with Gasteiger partial charge in [-0.1, -0.05) is 0 Å². The number of benzene rings is 1. The second kappa shape index (κ2) is 6.70. The van der Waals surface area contributed by atoms with Crippen molar-refractivity contribution in [3.63, 3.8) is 0 Å². The Morgan fingerprint density at radius 3 is 2.78 bits per heavy atom. The molecule has 3 rings (SSSR count). The van der Waals surface area contributed by atoms with E-state index in [4.69, 9.17) is 4.74 Å². The monoisotopic (exact) mass is 319 g/mol. The van der Waals surface area contributed by atoms with Gasteiger partial charge in [0.25, 0.3) is 5.91 Å². The number of ether oxygens (including phenoxy) is 1. The highest BCUT2D eigenvalue weighted by Crippen LogP contribution is 2.21. The minimum atomic E-state index is -0.698. The lowest BCUT2D eigenvalue weighted by molar-refractivity contribution is 0.102. The number of carbonyl (C=O) groups is 1. The molecule has 2 heterocycles. The molecule has 1 fully saturated rings. The molecule has 0 spiro atoms. The molecular weight excluding hydrogens is 304 g/mol. The molecule has 1 aliphatic heterocycles. The lowest BCUT2D eigenvalue weighted by atomic mass is 10.2. The van der Waals surface area contributed by atoms with Crippen molar-refractivity contribution in [2.75, 3.05) is 36.5 Å². The largest absolute Gasteiger partial charge is 0.378 e. The topological polar surface area (TPSA) is 54.5 Å². The van der Waals surface area contributed by atoms with E-state index in [-0.39, 0.29) is 5.69 Å². The van der Waals surface area contributed by atoms with Crippen molar-refractivity contribution >= 4 is 17.4 Å². The normalized spacial score (nSPS) is 14.6. The van der Waals surface area contributed by atoms with Gasteiger partial charge < -0.3 is 15.0 Å². The van der Waals surface area contributed by atoms with Gasteiger partial charge >= 0.3 is 0 Å². The van der Waals surface area contributed by atoms with E-state index in [9.17, 15) is 13.6 Å². The van der Waals surface area contributed by atoms with Gasteiger partial charge in [0.2, 0.25) is 0 Å². The number of pyridine rings is 1. The molecule has 23 heavy (non-hydrogen) atoms. The number of nitrogens with zero attached hydrogens (tertiary/aromatic N) is 2. The van der Waals surface area contributed by atoms with Crippen LogP contribution in [-0.2, 0) is 4.74 Å². The lowest BCUT2D eigenvalue weighted by Gasteiger charge is -2.29. The summed E-state index contributed by atoms with van der Waals surface area (Å²) in [6.45, 7) is 2.34. The molecule has 0 unspecified atom stereocenters. The van der Waals surface area contributed by atoms with E-state index in [1.165, 1.54) is 0 Å². The highest BCUT2D eigenvalue weighted by atomic mass is 19.1. The third-order valence-electron chi connectivity index (χ3n) is 3.52. The van der Waals surface area contributed by atoms with Gasteiger partial charge in [0, 0.05) is 25.4 Å². The minimum Gasteiger partial charge on any atom is -0.378 e. The van der Waals surface area contributed by atoms with Crippen LogP contribution in [0, 0.1) is 11.6 Å². The predicted octanol–water partition coefficient (Wildman–Crippen LogP) is 2.45. The Morgan fingerprint density at radius 1 is 1.22 bits per heavy atom. The molecule has 5 nitrogen and oxygen atoms in total. The number of halogens is 2. The number of carbonyl (C=O) groups excluding carboxylic acids is 1. The van der Waals surface area contributed by atoms with E-state index in [2.05, 4.69) is 10.3 Å². The molecule has 0 aliphatic carbocycles. The SMILES string of the molecule is O=C(Nc1cc(F)ccc1F)c1cccnc1N1CCOCC1. The molecule has 1 saturated heterocycles. The van der Waals surface area contributed by atoms with Crippen molar-refractivity contribution in [1.82, 2.24) is 4.98 Å². The summed E-state index contributed by atoms with van der Waals surface area (Å²) in [6.07, 6.45) is 1.59. The van der Waals surface area contributed by atoms with Crippen LogP contribution in [0.2, 0.25) is 0 Å². The van der Waals surface area contributed by atoms with Crippen LogP contribution >= 0.6 is 0 Å². The van der Waals surface area contributed by atoms with Crippen molar-refractivity contribution in [1.29, 1.82) is 0 Å². The van der Waals surface area contributed by atoms with Gasteiger partial charge in [0.15, 0.2) is 0 Å². The molecule has 0 atom stereocenters. The third-order valence-corrected chi connectivity index (χ3v) is 3.52. The minimum absolute atomic E-state index is 0.202. The maximum atomic E-state index is 13.7. The Bertz CT molecular complexity index is 718. The van der Waals surface area contributed by atoms with E-state index < -0.39 is 17.5 Å². The molecule has 1 aromatic carbocycles. The van der Waals surface area contributed by atoms with Crippen molar-refractivity contribution < 1.29 is 18.3 Å². The zero-order valence-electron chi connectivity index (χ0n) is 12.3. The van der Waals surface area contributed by atoms with Gasteiger partial charge in [-0.25, -0.2) is 13.8 Å². The summed E-state index contributed by atoms with van der Waals surface area (Å²) in [5.41, 5.74) is 0.102. The fraction of sp³-hybridized carbons (Fsp3) is 0.250. The maximum absolute atomic E-state index is 13.7. The lowest BCUT2D eigenvalue weighted by Crippen LogP contribution is -2.38. The first-order valence-electron chi connectivity index (χ1n) is 7.19. The molecule has 1 N–H and O–H groups in total. The average Bonchev–Trinajstić information content (AvgIpc) is 2.59. The number of amides is 1. The van der Waals surface area contributed by atoms with Crippen molar-refractivity contribution in [2.24, 2.45) is 0 Å². The summed E-state index contributed by atoms with van der Waals surface area (Å²) < 4.78 is 32.2. The number of anilines is 2. The molecule has 7 heteroatoms. The fourth-order valence-electron chi connectivity index (χ4n) is 2.38. The summed E-state index contributed by atoms with van der Waals surface area (Å²) in [6, 6.07) is 6.13. The molecule has 120 valence electrons. The smallest absolute Gasteiger partial charge is 0.259 e. The van der Waals surface area contributed by atoms with Gasteiger partial charge in [0.05, 0.1) is 24.5 Å². The highest BCUT2D eigenvalue weighted by molar-refractivity contribution is 6.07. The predicted molar refractivity (Wildman–Crippen MR) is 81.6 cm³/mol. The van der Waals surface area contributed by atoms with Gasteiger partial charge in [-0.2, -0.15) is 0 Å². The summed E-state index contributed by atoms with van der Waals surface area (Å²) in [5.74, 6) is -1.35. The molecule has 0 bridgehead atoms. The Kier molecular flexibility index (Phi) is 4.47. The van der Waals surface area contributed by atoms with E-state index in [0.29, 0.717) is 37.7 Å². The molecule has 1 amide bonds. The van der Waals surface area contributed by atoms with Crippen LogP contribution < -0.4 is 10.2 Å². The first kappa shape index (κ1) is 15.4. The standard InChI is InChI=1S/C16H15F2N3O2/c17-11-3-4-13(18)14(10-11)20-16(22)12-2-1-5-19-15(12)21-6-8-23-9-7-21/h1-5,10H,6-9H2,(H,20,22). The van der Waals surface area contributed by atoms with Crippen LogP contribution in [0.5, 0.6) is 0 Å². The molecule has 1 aliphatic rings. The van der Waals surface area contributed by atoms with Crippen molar-refractivity contribution in [3.8, 4) is 0 Å². The molecular formula is C16H15F2N3O2. The number of rotatable bonds is 3. The quantitative estimate of drug-likeness (QED) is 0.944. The van der Waals surface area contributed by atoms with Crippen LogP contribution in [0.15, 0.2) is 36.5 Å². The number of hydrogen-bond donors (Lipinski definition) is 1. The Labute approximate surface area is 131 Å². The Morgan fingerprint density at radius 2 is 2.00 bits per heavy atom. The van der Waals surface area contributed by atoms with E-state index in [1.54, 1.807) is 18.3 Å². The Balaban J connectivity index is 1.86. The summed E-state index contributed by atoms with van der Waals surface area (Å²) >= 11 is 0. The zero-order chi connectivity index (χ0) is 16.2. The molecule has 0 saturated carbocycles. The summed E-state index contributed by atoms with van der Waals surface area (Å²) in [5, 5.41) is 2.39. The van der Waals surface area contributed by atoms with E-state index >= 15 is 0 Å². The Hall–Kier alpha value is -2.54. The van der Waals surface area contributed by atoms with E-state index in [1.807, 2.05) is 4.90 Å². The number of morpholine rings is 1. The maximum Gasteiger partial charge on any atom is 0.259 e. The number of nitrogens with one attached hydrogen (secondary N) is 1. The second-order valence-corrected chi connectivity index (χ2v) is 5.05. The van der Waals surface area contributed by atoms with Crippen LogP contribution in [-0.4, -0.2) is 37.2 Å². The first-order chi connectivity index (χ1) is 11.1. The summed E-state index contributed by atoms with van der Waals surface area (Å²) in [7, 11) is 0. The highest BCUT2D eigenvalue weighted by Gasteiger charge is 2.20. The molecule has 0 radical (unpaired) electrons. The van der Waals surface area contributed by atoms with Gasteiger partial charge in [0.1, 0.15) is 17.5 Å². The number of hydrogen-bond acceptors (Lipinski definition) is 4. The van der Waals surface area contributed by atoms with Crippen LogP contribution in [0.3, 0.4) is 0 Å². The van der Waals surface area contributed by atoms with E-state index in [0.717, 1.165) is 18.2 Å². The van der Waals surface area contributed by atoms with Crippen molar-refractivity contribution in [2.45, 2.75) is 0 Å². The molecule has 1 aromatic heterocycles. The first-order valence-corrected chi connectivity index (χ1v) is 7.19. The summed E-state index contributed by atoms with van der Waals surface area (Å²) in [4.78, 5) is 18.6. The zero-order valence-corrected chi connectivity index (χ0v) is 12.3. The van der Waals surface area contributed by atoms with Gasteiger partial charge in [-0.3, -0.25) is 4.79 Å². The molecule has 2 aromatic rings. The van der Waals surface area contributed by atoms with Crippen LogP contribution in [0.1, 0.15) is 10.4 Å². The average molecular weight is 319 g/mol. The number of aromatic nitrogens is 1. The van der Waals surface area contributed by atoms with Crippen LogP contribution in [0.4, 0.5) is 20.3 Å².